The van der Waals surface area contributed by atoms with Crippen molar-refractivity contribution in [2.24, 2.45) is 11.8 Å². The molecule has 0 amide bonds. The van der Waals surface area contributed by atoms with Crippen LogP contribution in [-0.4, -0.2) is 19.5 Å². The number of hydrogen-bond acceptors (Lipinski definition) is 2. The van der Waals surface area contributed by atoms with Crippen molar-refractivity contribution in [1.82, 2.24) is 0 Å². The Morgan fingerprint density at radius 3 is 3.00 bits per heavy atom. The van der Waals surface area contributed by atoms with E-state index in [1.54, 1.807) is 0 Å². The number of rotatable bonds is 1. The highest BCUT2D eigenvalue weighted by Gasteiger charge is 2.39. The maximum atomic E-state index is 5.55. The lowest BCUT2D eigenvalue weighted by Crippen LogP contribution is -2.28. The Kier molecular flexibility index (Phi) is 2.20. The summed E-state index contributed by atoms with van der Waals surface area (Å²) >= 11 is 0. The van der Waals surface area contributed by atoms with Crippen molar-refractivity contribution in [2.75, 3.05) is 13.2 Å². The minimum Gasteiger partial charge on any atom is -0.352 e. The molecule has 0 aliphatic carbocycles. The highest BCUT2D eigenvalue weighted by atomic mass is 16.7. The van der Waals surface area contributed by atoms with Crippen LogP contribution in [0.3, 0.4) is 0 Å². The zero-order chi connectivity index (χ0) is 8.55. The van der Waals surface area contributed by atoms with Gasteiger partial charge in [-0.05, 0) is 19.8 Å². The summed E-state index contributed by atoms with van der Waals surface area (Å²) in [6.07, 6.45) is 2.48. The molecule has 2 saturated heterocycles. The van der Waals surface area contributed by atoms with Crippen molar-refractivity contribution in [3.63, 3.8) is 0 Å². The van der Waals surface area contributed by atoms with Gasteiger partial charge in [0, 0.05) is 18.4 Å². The van der Waals surface area contributed by atoms with Crippen molar-refractivity contribution in [2.45, 2.75) is 26.1 Å². The molecule has 12 heavy (non-hydrogen) atoms. The molecule has 2 aliphatic rings. The van der Waals surface area contributed by atoms with E-state index in [1.165, 1.54) is 18.4 Å². The Balaban J connectivity index is 2.05. The number of fused-ring (bicyclic) bond motifs is 1. The number of hydrogen-bond donors (Lipinski definition) is 0. The smallest absolute Gasteiger partial charge is 0.161 e. The van der Waals surface area contributed by atoms with E-state index in [9.17, 15) is 0 Å². The molecule has 0 aromatic heterocycles. The van der Waals surface area contributed by atoms with Crippen LogP contribution < -0.4 is 0 Å². The zero-order valence-corrected chi connectivity index (χ0v) is 7.58. The summed E-state index contributed by atoms with van der Waals surface area (Å²) < 4.78 is 11.1. The van der Waals surface area contributed by atoms with Crippen LogP contribution in [0.2, 0.25) is 0 Å². The summed E-state index contributed by atoms with van der Waals surface area (Å²) in [6.45, 7) is 7.76. The van der Waals surface area contributed by atoms with E-state index < -0.39 is 0 Å². The van der Waals surface area contributed by atoms with Crippen molar-refractivity contribution in [3.8, 4) is 0 Å². The SMILES string of the molecule is C=C(C)C1COC2OCCCC21. The van der Waals surface area contributed by atoms with Crippen molar-refractivity contribution in [1.29, 1.82) is 0 Å². The van der Waals surface area contributed by atoms with Crippen LogP contribution in [-0.2, 0) is 9.47 Å². The van der Waals surface area contributed by atoms with Crippen LogP contribution in [0.5, 0.6) is 0 Å². The van der Waals surface area contributed by atoms with Gasteiger partial charge in [-0.2, -0.15) is 0 Å². The van der Waals surface area contributed by atoms with Crippen LogP contribution >= 0.6 is 0 Å². The summed E-state index contributed by atoms with van der Waals surface area (Å²) in [5.41, 5.74) is 1.24. The lowest BCUT2D eigenvalue weighted by Gasteiger charge is -2.27. The Morgan fingerprint density at radius 1 is 1.42 bits per heavy atom. The molecule has 0 N–H and O–H groups in total. The highest BCUT2D eigenvalue weighted by Crippen LogP contribution is 2.37. The van der Waals surface area contributed by atoms with Gasteiger partial charge >= 0.3 is 0 Å². The minimum absolute atomic E-state index is 0.0699. The molecule has 0 spiro atoms. The molecule has 2 nitrogen and oxygen atoms in total. The predicted octanol–water partition coefficient (Wildman–Crippen LogP) is 1.96. The molecule has 0 saturated carbocycles. The zero-order valence-electron chi connectivity index (χ0n) is 7.58. The molecule has 2 fully saturated rings. The van der Waals surface area contributed by atoms with E-state index in [4.69, 9.17) is 9.47 Å². The van der Waals surface area contributed by atoms with Gasteiger partial charge in [0.15, 0.2) is 6.29 Å². The molecule has 2 rings (SSSR count). The molecule has 68 valence electrons. The van der Waals surface area contributed by atoms with Gasteiger partial charge in [0.2, 0.25) is 0 Å². The molecule has 0 aromatic rings. The van der Waals surface area contributed by atoms with Gasteiger partial charge in [-0.1, -0.05) is 12.2 Å². The minimum atomic E-state index is 0.0699. The maximum absolute atomic E-state index is 5.55. The van der Waals surface area contributed by atoms with E-state index >= 15 is 0 Å². The van der Waals surface area contributed by atoms with Gasteiger partial charge < -0.3 is 9.47 Å². The van der Waals surface area contributed by atoms with Gasteiger partial charge in [-0.3, -0.25) is 0 Å². The van der Waals surface area contributed by atoms with Gasteiger partial charge in [0.25, 0.3) is 0 Å². The third-order valence-electron chi connectivity index (χ3n) is 2.90. The van der Waals surface area contributed by atoms with E-state index in [1.807, 2.05) is 0 Å². The molecule has 3 unspecified atom stereocenters. The number of ether oxygens (including phenoxy) is 2. The fraction of sp³-hybridized carbons (Fsp3) is 0.800. The van der Waals surface area contributed by atoms with E-state index in [2.05, 4.69) is 13.5 Å². The van der Waals surface area contributed by atoms with E-state index in [0.29, 0.717) is 11.8 Å². The quantitative estimate of drug-likeness (QED) is 0.557. The van der Waals surface area contributed by atoms with Gasteiger partial charge in [-0.15, -0.1) is 0 Å². The van der Waals surface area contributed by atoms with Crippen LogP contribution in [0.25, 0.3) is 0 Å². The Labute approximate surface area is 73.5 Å². The topological polar surface area (TPSA) is 18.5 Å². The van der Waals surface area contributed by atoms with Crippen molar-refractivity contribution in [3.05, 3.63) is 12.2 Å². The fourth-order valence-corrected chi connectivity index (χ4v) is 2.17. The lowest BCUT2D eigenvalue weighted by atomic mass is 9.85. The summed E-state index contributed by atoms with van der Waals surface area (Å²) in [7, 11) is 0. The fourth-order valence-electron chi connectivity index (χ4n) is 2.17. The van der Waals surface area contributed by atoms with Crippen molar-refractivity contribution < 1.29 is 9.47 Å². The lowest BCUT2D eigenvalue weighted by molar-refractivity contribution is -0.151. The summed E-state index contributed by atoms with van der Waals surface area (Å²) in [5, 5.41) is 0. The predicted molar refractivity (Wildman–Crippen MR) is 46.7 cm³/mol. The van der Waals surface area contributed by atoms with Gasteiger partial charge in [0.05, 0.1) is 6.61 Å². The molecular formula is C10H16O2. The van der Waals surface area contributed by atoms with E-state index in [0.717, 1.165) is 13.2 Å². The molecule has 2 heterocycles. The average molecular weight is 168 g/mol. The Hall–Kier alpha value is -0.340. The van der Waals surface area contributed by atoms with Crippen LogP contribution in [0, 0.1) is 11.8 Å². The molecule has 0 bridgehead atoms. The monoisotopic (exact) mass is 168 g/mol. The Morgan fingerprint density at radius 2 is 2.25 bits per heavy atom. The third kappa shape index (κ3) is 1.29. The first kappa shape index (κ1) is 8.27. The Bertz CT molecular complexity index is 188. The van der Waals surface area contributed by atoms with Crippen molar-refractivity contribution >= 4 is 0 Å². The van der Waals surface area contributed by atoms with Crippen LogP contribution in [0.4, 0.5) is 0 Å². The summed E-state index contributed by atoms with van der Waals surface area (Å²) in [5.74, 6) is 1.12. The average Bonchev–Trinajstić information content (AvgIpc) is 2.47. The molecule has 0 radical (unpaired) electrons. The van der Waals surface area contributed by atoms with Gasteiger partial charge in [-0.25, -0.2) is 0 Å². The highest BCUT2D eigenvalue weighted by molar-refractivity contribution is 5.02. The second kappa shape index (κ2) is 3.19. The maximum Gasteiger partial charge on any atom is 0.161 e. The summed E-state index contributed by atoms with van der Waals surface area (Å²) in [4.78, 5) is 0. The first-order chi connectivity index (χ1) is 5.79. The van der Waals surface area contributed by atoms with Crippen LogP contribution in [0.1, 0.15) is 19.8 Å². The second-order valence-corrected chi connectivity index (χ2v) is 3.83. The molecule has 0 aromatic carbocycles. The molecule has 3 atom stereocenters. The first-order valence-electron chi connectivity index (χ1n) is 4.67. The van der Waals surface area contributed by atoms with Crippen LogP contribution in [0.15, 0.2) is 12.2 Å². The van der Waals surface area contributed by atoms with Gasteiger partial charge in [0.1, 0.15) is 0 Å². The standard InChI is InChI=1S/C10H16O2/c1-7(2)9-6-12-10-8(9)4-3-5-11-10/h8-10H,1,3-6H2,2H3. The molecule has 2 heteroatoms. The third-order valence-corrected chi connectivity index (χ3v) is 2.90. The second-order valence-electron chi connectivity index (χ2n) is 3.83. The first-order valence-corrected chi connectivity index (χ1v) is 4.67. The molecule has 2 aliphatic heterocycles. The molecular weight excluding hydrogens is 152 g/mol. The van der Waals surface area contributed by atoms with E-state index in [-0.39, 0.29) is 6.29 Å². The normalized spacial score (nSPS) is 40.9. The summed E-state index contributed by atoms with van der Waals surface area (Å²) in [6, 6.07) is 0. The largest absolute Gasteiger partial charge is 0.352 e.